The van der Waals surface area contributed by atoms with Crippen molar-refractivity contribution in [3.05, 3.63) is 56.9 Å². The molecule has 0 fully saturated rings. The average Bonchev–Trinajstić information content (AvgIpc) is 3.17. The molecule has 0 unspecified atom stereocenters. The van der Waals surface area contributed by atoms with E-state index in [-0.39, 0.29) is 5.82 Å². The number of nitrogens with one attached hydrogen (secondary N) is 2. The Morgan fingerprint density at radius 3 is 2.40 bits per heavy atom. The van der Waals surface area contributed by atoms with Crippen LogP contribution in [-0.4, -0.2) is 31.5 Å². The topological polar surface area (TPSA) is 59.2 Å². The molecule has 0 aliphatic heterocycles. The van der Waals surface area contributed by atoms with Crippen molar-refractivity contribution in [1.82, 2.24) is 10.2 Å². The summed E-state index contributed by atoms with van der Waals surface area (Å²) in [7, 11) is 4.89. The second-order valence-electron chi connectivity index (χ2n) is 6.86. The van der Waals surface area contributed by atoms with E-state index in [2.05, 4.69) is 15.5 Å². The number of H-pyrrole nitrogens is 1. The number of rotatable bonds is 5. The van der Waals surface area contributed by atoms with Crippen LogP contribution in [0.1, 0.15) is 23.2 Å². The SMILES string of the molecule is CNc1ccc(F)cc1-c1n[nH]c2c1CCC(c1c(Cl)c(OC)cc(OC)c1Cl)=C2. The second-order valence-corrected chi connectivity index (χ2v) is 7.61. The van der Waals surface area contributed by atoms with Gasteiger partial charge in [-0.15, -0.1) is 0 Å². The summed E-state index contributed by atoms with van der Waals surface area (Å²) in [4.78, 5) is 0. The lowest BCUT2D eigenvalue weighted by Crippen LogP contribution is -2.02. The molecule has 0 spiro atoms. The summed E-state index contributed by atoms with van der Waals surface area (Å²) in [6, 6.07) is 6.28. The third-order valence-corrected chi connectivity index (χ3v) is 6.01. The molecule has 0 bridgehead atoms. The predicted octanol–water partition coefficient (Wildman–Crippen LogP) is 6.07. The number of fused-ring (bicyclic) bond motifs is 1. The highest BCUT2D eigenvalue weighted by atomic mass is 35.5. The molecule has 0 saturated heterocycles. The number of benzene rings is 2. The van der Waals surface area contributed by atoms with Crippen molar-refractivity contribution >= 4 is 40.5 Å². The molecule has 0 radical (unpaired) electrons. The van der Waals surface area contributed by atoms with Gasteiger partial charge in [-0.2, -0.15) is 5.10 Å². The number of aromatic nitrogens is 2. The summed E-state index contributed by atoms with van der Waals surface area (Å²) in [5.41, 5.74) is 5.73. The zero-order valence-electron chi connectivity index (χ0n) is 16.7. The van der Waals surface area contributed by atoms with Gasteiger partial charge in [-0.3, -0.25) is 5.10 Å². The molecule has 156 valence electrons. The Kier molecular flexibility index (Phi) is 5.62. The molecule has 0 atom stereocenters. The van der Waals surface area contributed by atoms with Gasteiger partial charge in [0.1, 0.15) is 17.3 Å². The van der Waals surface area contributed by atoms with E-state index in [9.17, 15) is 4.39 Å². The third-order valence-electron chi connectivity index (χ3n) is 5.26. The Balaban J connectivity index is 1.83. The highest BCUT2D eigenvalue weighted by molar-refractivity contribution is 6.39. The number of hydrogen-bond acceptors (Lipinski definition) is 4. The van der Waals surface area contributed by atoms with E-state index >= 15 is 0 Å². The first-order valence-electron chi connectivity index (χ1n) is 9.34. The van der Waals surface area contributed by atoms with Crippen molar-refractivity contribution in [2.45, 2.75) is 12.8 Å². The summed E-state index contributed by atoms with van der Waals surface area (Å²) >= 11 is 13.2. The summed E-state index contributed by atoms with van der Waals surface area (Å²) < 4.78 is 24.7. The molecule has 0 amide bonds. The Hall–Kier alpha value is -2.70. The van der Waals surface area contributed by atoms with Crippen LogP contribution >= 0.6 is 23.2 Å². The number of halogens is 3. The van der Waals surface area contributed by atoms with Crippen molar-refractivity contribution in [1.29, 1.82) is 0 Å². The lowest BCUT2D eigenvalue weighted by Gasteiger charge is -2.20. The van der Waals surface area contributed by atoms with Crippen molar-refractivity contribution in [3.8, 4) is 22.8 Å². The van der Waals surface area contributed by atoms with Gasteiger partial charge in [-0.1, -0.05) is 23.2 Å². The first-order chi connectivity index (χ1) is 14.5. The van der Waals surface area contributed by atoms with Crippen LogP contribution in [0.15, 0.2) is 24.3 Å². The number of aromatic amines is 1. The van der Waals surface area contributed by atoms with E-state index in [0.29, 0.717) is 45.5 Å². The Morgan fingerprint density at radius 2 is 1.77 bits per heavy atom. The van der Waals surface area contributed by atoms with Crippen LogP contribution in [0.3, 0.4) is 0 Å². The number of allylic oxidation sites excluding steroid dienone is 1. The molecule has 2 aromatic carbocycles. The van der Waals surface area contributed by atoms with E-state index < -0.39 is 0 Å². The van der Waals surface area contributed by atoms with Gasteiger partial charge >= 0.3 is 0 Å². The monoisotopic (exact) mass is 447 g/mol. The second kappa shape index (κ2) is 8.20. The Labute approximate surface area is 183 Å². The molecule has 2 N–H and O–H groups in total. The van der Waals surface area contributed by atoms with Crippen LogP contribution in [0.5, 0.6) is 11.5 Å². The van der Waals surface area contributed by atoms with Crippen LogP contribution in [0.2, 0.25) is 10.0 Å². The maximum Gasteiger partial charge on any atom is 0.141 e. The fourth-order valence-corrected chi connectivity index (χ4v) is 4.52. The summed E-state index contributed by atoms with van der Waals surface area (Å²) in [5, 5.41) is 11.5. The van der Waals surface area contributed by atoms with Crippen molar-refractivity contribution in [2.75, 3.05) is 26.6 Å². The minimum atomic E-state index is -0.310. The molecule has 1 aliphatic carbocycles. The lowest BCUT2D eigenvalue weighted by atomic mass is 9.89. The van der Waals surface area contributed by atoms with E-state index in [1.54, 1.807) is 33.4 Å². The van der Waals surface area contributed by atoms with Crippen molar-refractivity contribution in [2.24, 2.45) is 0 Å². The van der Waals surface area contributed by atoms with Gasteiger partial charge in [-0.05, 0) is 42.7 Å². The van der Waals surface area contributed by atoms with Gasteiger partial charge in [-0.25, -0.2) is 4.39 Å². The standard InChI is InChI=1S/C22H20Cl2FN3O2/c1-26-15-7-5-12(25)9-14(15)22-13-6-4-11(8-16(13)27-28-22)19-20(23)17(29-2)10-18(30-3)21(19)24/h5,7-10,26H,4,6H2,1-3H3,(H,27,28). The zero-order chi connectivity index (χ0) is 21.4. The van der Waals surface area contributed by atoms with Gasteiger partial charge in [0, 0.05) is 35.5 Å². The van der Waals surface area contributed by atoms with E-state index in [4.69, 9.17) is 32.7 Å². The summed E-state index contributed by atoms with van der Waals surface area (Å²) in [6.07, 6.45) is 3.35. The van der Waals surface area contributed by atoms with Gasteiger partial charge in [0.25, 0.3) is 0 Å². The number of nitrogens with zero attached hydrogens (tertiary/aromatic N) is 1. The number of hydrogen-bond donors (Lipinski definition) is 2. The van der Waals surface area contributed by atoms with Gasteiger partial charge in [0.2, 0.25) is 0 Å². The highest BCUT2D eigenvalue weighted by Gasteiger charge is 2.25. The minimum Gasteiger partial charge on any atom is -0.495 e. The molecule has 30 heavy (non-hydrogen) atoms. The molecule has 1 aromatic heterocycles. The van der Waals surface area contributed by atoms with Crippen LogP contribution in [-0.2, 0) is 6.42 Å². The van der Waals surface area contributed by atoms with Crippen LogP contribution in [0.25, 0.3) is 22.9 Å². The fraction of sp³-hybridized carbons (Fsp3) is 0.227. The highest BCUT2D eigenvalue weighted by Crippen LogP contribution is 2.47. The fourth-order valence-electron chi connectivity index (χ4n) is 3.78. The molecule has 5 nitrogen and oxygen atoms in total. The molecule has 1 aliphatic rings. The molecule has 8 heteroatoms. The van der Waals surface area contributed by atoms with Gasteiger partial charge < -0.3 is 14.8 Å². The van der Waals surface area contributed by atoms with Crippen LogP contribution < -0.4 is 14.8 Å². The molecule has 0 saturated carbocycles. The maximum absolute atomic E-state index is 13.9. The quantitative estimate of drug-likeness (QED) is 0.498. The number of ether oxygens (including phenoxy) is 2. The van der Waals surface area contributed by atoms with Gasteiger partial charge in [0.15, 0.2) is 0 Å². The molecular formula is C22H20Cl2FN3O2. The largest absolute Gasteiger partial charge is 0.495 e. The van der Waals surface area contributed by atoms with E-state index in [0.717, 1.165) is 28.2 Å². The molecule has 3 aromatic rings. The smallest absolute Gasteiger partial charge is 0.141 e. The van der Waals surface area contributed by atoms with E-state index in [1.165, 1.54) is 12.1 Å². The zero-order valence-corrected chi connectivity index (χ0v) is 18.2. The summed E-state index contributed by atoms with van der Waals surface area (Å²) in [6.45, 7) is 0. The third kappa shape index (κ3) is 3.40. The van der Waals surface area contributed by atoms with Crippen molar-refractivity contribution in [3.63, 3.8) is 0 Å². The minimum absolute atomic E-state index is 0.310. The van der Waals surface area contributed by atoms with E-state index in [1.807, 2.05) is 6.08 Å². The number of methoxy groups -OCH3 is 2. The average molecular weight is 448 g/mol. The predicted molar refractivity (Wildman–Crippen MR) is 119 cm³/mol. The first-order valence-corrected chi connectivity index (χ1v) is 10.1. The molecule has 1 heterocycles. The Bertz CT molecular complexity index is 1130. The van der Waals surface area contributed by atoms with Crippen LogP contribution in [0.4, 0.5) is 10.1 Å². The van der Waals surface area contributed by atoms with Crippen LogP contribution in [0, 0.1) is 5.82 Å². The molecule has 4 rings (SSSR count). The number of anilines is 1. The molecular weight excluding hydrogens is 428 g/mol. The van der Waals surface area contributed by atoms with Crippen molar-refractivity contribution < 1.29 is 13.9 Å². The normalized spacial score (nSPS) is 12.9. The Morgan fingerprint density at radius 1 is 1.07 bits per heavy atom. The lowest BCUT2D eigenvalue weighted by molar-refractivity contribution is 0.394. The maximum atomic E-state index is 13.9. The summed E-state index contributed by atoms with van der Waals surface area (Å²) in [5.74, 6) is 0.668. The van der Waals surface area contributed by atoms with Gasteiger partial charge in [0.05, 0.1) is 35.7 Å². The first kappa shape index (κ1) is 20.6.